The zero-order valence-corrected chi connectivity index (χ0v) is 8.94. The second-order valence-electron chi connectivity index (χ2n) is 3.50. The first kappa shape index (κ1) is 10.5. The van der Waals surface area contributed by atoms with E-state index in [1.165, 1.54) is 16.8 Å². The van der Waals surface area contributed by atoms with Crippen LogP contribution in [-0.2, 0) is 6.42 Å². The fraction of sp³-hybridized carbons (Fsp3) is 0.182. The largest absolute Gasteiger partial charge is 0.382 e. The number of hydrogen-bond acceptors (Lipinski definition) is 3. The summed E-state index contributed by atoms with van der Waals surface area (Å²) in [5, 5.41) is 0. The van der Waals surface area contributed by atoms with Gasteiger partial charge in [-0.3, -0.25) is 0 Å². The fourth-order valence-corrected chi connectivity index (χ4v) is 1.59. The third kappa shape index (κ3) is 1.60. The molecule has 16 heavy (non-hydrogen) atoms. The predicted molar refractivity (Wildman–Crippen MR) is 61.6 cm³/mol. The summed E-state index contributed by atoms with van der Waals surface area (Å²) in [6.45, 7) is 1.93. The van der Waals surface area contributed by atoms with Gasteiger partial charge in [-0.05, 0) is 12.1 Å². The number of aromatic nitrogens is 2. The summed E-state index contributed by atoms with van der Waals surface area (Å²) in [6.07, 6.45) is 0.677. The van der Waals surface area contributed by atoms with Gasteiger partial charge in [0.05, 0.1) is 0 Å². The molecule has 1 aromatic heterocycles. The summed E-state index contributed by atoms with van der Waals surface area (Å²) < 4.78 is 14.4. The number of benzene rings is 1. The minimum Gasteiger partial charge on any atom is -0.382 e. The van der Waals surface area contributed by atoms with Gasteiger partial charge in [0.15, 0.2) is 5.82 Å². The van der Waals surface area contributed by atoms with Crippen molar-refractivity contribution < 1.29 is 4.39 Å². The topological polar surface area (TPSA) is 69.9 Å². The van der Waals surface area contributed by atoms with E-state index in [-0.39, 0.29) is 5.82 Å². The molecule has 0 unspecified atom stereocenters. The Hall–Kier alpha value is -2.04. The van der Waals surface area contributed by atoms with Gasteiger partial charge in [0, 0.05) is 12.0 Å². The molecule has 0 atom stereocenters. The summed E-state index contributed by atoms with van der Waals surface area (Å²) in [7, 11) is 0. The van der Waals surface area contributed by atoms with Crippen LogP contribution in [0.25, 0.3) is 11.3 Å². The average molecular weight is 220 g/mol. The third-order valence-corrected chi connectivity index (χ3v) is 2.44. The molecule has 0 radical (unpaired) electrons. The first-order chi connectivity index (χ1) is 7.63. The van der Waals surface area contributed by atoms with E-state index in [1.54, 1.807) is 12.1 Å². The van der Waals surface area contributed by atoms with E-state index in [0.29, 0.717) is 29.3 Å². The number of anilines is 1. The Morgan fingerprint density at radius 2 is 2.19 bits per heavy atom. The molecule has 0 spiro atoms. The van der Waals surface area contributed by atoms with E-state index < -0.39 is 0 Å². The lowest BCUT2D eigenvalue weighted by Gasteiger charge is -2.00. The first-order valence-electron chi connectivity index (χ1n) is 5.01. The Morgan fingerprint density at radius 3 is 2.75 bits per heavy atom. The van der Waals surface area contributed by atoms with Crippen LogP contribution in [0.5, 0.6) is 0 Å². The van der Waals surface area contributed by atoms with E-state index in [9.17, 15) is 4.39 Å². The smallest absolute Gasteiger partial charge is 0.150 e. The van der Waals surface area contributed by atoms with Crippen molar-refractivity contribution in [3.8, 4) is 11.3 Å². The molecule has 4 N–H and O–H groups in total. The van der Waals surface area contributed by atoms with Gasteiger partial charge in [-0.2, -0.15) is 0 Å². The van der Waals surface area contributed by atoms with Crippen LogP contribution in [0.1, 0.15) is 12.7 Å². The van der Waals surface area contributed by atoms with Crippen molar-refractivity contribution in [2.45, 2.75) is 13.3 Å². The molecule has 2 rings (SSSR count). The predicted octanol–water partition coefficient (Wildman–Crippen LogP) is 1.55. The van der Waals surface area contributed by atoms with Gasteiger partial charge >= 0.3 is 0 Å². The standard InChI is InChI=1S/C11H13FN4/c1-2-9-15-10(11(13)16(9)14)7-4-3-5-8(12)6-7/h3-6H,2,13-14H2,1H3. The molecule has 0 amide bonds. The number of nitrogens with two attached hydrogens (primary N) is 2. The van der Waals surface area contributed by atoms with Crippen molar-refractivity contribution in [3.63, 3.8) is 0 Å². The van der Waals surface area contributed by atoms with E-state index in [4.69, 9.17) is 11.6 Å². The van der Waals surface area contributed by atoms with Gasteiger partial charge in [-0.15, -0.1) is 0 Å². The molecule has 0 saturated heterocycles. The zero-order chi connectivity index (χ0) is 11.7. The van der Waals surface area contributed by atoms with Gasteiger partial charge in [-0.25, -0.2) is 14.1 Å². The molecule has 0 aliphatic heterocycles. The van der Waals surface area contributed by atoms with Gasteiger partial charge < -0.3 is 11.6 Å². The van der Waals surface area contributed by atoms with Crippen LogP contribution in [0.2, 0.25) is 0 Å². The van der Waals surface area contributed by atoms with Crippen LogP contribution in [0, 0.1) is 5.82 Å². The number of rotatable bonds is 2. The van der Waals surface area contributed by atoms with Crippen LogP contribution < -0.4 is 11.6 Å². The van der Waals surface area contributed by atoms with E-state index in [1.807, 2.05) is 6.92 Å². The number of aryl methyl sites for hydroxylation is 1. The second-order valence-corrected chi connectivity index (χ2v) is 3.50. The van der Waals surface area contributed by atoms with Crippen molar-refractivity contribution in [2.24, 2.45) is 0 Å². The monoisotopic (exact) mass is 220 g/mol. The van der Waals surface area contributed by atoms with E-state index in [0.717, 1.165) is 0 Å². The van der Waals surface area contributed by atoms with E-state index in [2.05, 4.69) is 4.98 Å². The summed E-state index contributed by atoms with van der Waals surface area (Å²) in [6, 6.07) is 6.13. The Kier molecular flexibility index (Phi) is 2.52. The maximum Gasteiger partial charge on any atom is 0.150 e. The Bertz CT molecular complexity index is 519. The first-order valence-corrected chi connectivity index (χ1v) is 5.01. The molecule has 0 bridgehead atoms. The van der Waals surface area contributed by atoms with Crippen LogP contribution in [0.15, 0.2) is 24.3 Å². The number of imidazole rings is 1. The van der Waals surface area contributed by atoms with Gasteiger partial charge in [0.1, 0.15) is 17.3 Å². The lowest BCUT2D eigenvalue weighted by atomic mass is 10.1. The van der Waals surface area contributed by atoms with Crippen LogP contribution in [-0.4, -0.2) is 9.66 Å². The molecular formula is C11H13FN4. The molecule has 0 saturated carbocycles. The number of halogens is 1. The van der Waals surface area contributed by atoms with Crippen molar-refractivity contribution in [1.82, 2.24) is 9.66 Å². The molecule has 0 fully saturated rings. The van der Waals surface area contributed by atoms with Gasteiger partial charge in [0.2, 0.25) is 0 Å². The number of nitrogen functional groups attached to an aromatic ring is 2. The lowest BCUT2D eigenvalue weighted by Crippen LogP contribution is -2.14. The second kappa shape index (κ2) is 3.84. The maximum atomic E-state index is 13.1. The van der Waals surface area contributed by atoms with Crippen molar-refractivity contribution in [3.05, 3.63) is 35.9 Å². The Labute approximate surface area is 92.7 Å². The SMILES string of the molecule is CCc1nc(-c2cccc(F)c2)c(N)n1N. The normalized spacial score (nSPS) is 10.6. The minimum absolute atomic E-state index is 0.318. The highest BCUT2D eigenvalue weighted by molar-refractivity contribution is 5.71. The Morgan fingerprint density at radius 1 is 1.44 bits per heavy atom. The molecule has 1 aromatic carbocycles. The molecule has 1 heterocycles. The van der Waals surface area contributed by atoms with Crippen LogP contribution in [0.4, 0.5) is 10.2 Å². The lowest BCUT2D eigenvalue weighted by molar-refractivity contribution is 0.628. The van der Waals surface area contributed by atoms with Crippen molar-refractivity contribution in [2.75, 3.05) is 11.6 Å². The summed E-state index contributed by atoms with van der Waals surface area (Å²) in [4.78, 5) is 4.29. The summed E-state index contributed by atoms with van der Waals surface area (Å²) in [5.74, 6) is 6.43. The quantitative estimate of drug-likeness (QED) is 0.754. The fourth-order valence-electron chi connectivity index (χ4n) is 1.59. The zero-order valence-electron chi connectivity index (χ0n) is 8.94. The highest BCUT2D eigenvalue weighted by Crippen LogP contribution is 2.25. The molecule has 5 heteroatoms. The number of nitrogens with zero attached hydrogens (tertiary/aromatic N) is 2. The summed E-state index contributed by atoms with van der Waals surface area (Å²) in [5.41, 5.74) is 6.98. The van der Waals surface area contributed by atoms with Crippen LogP contribution >= 0.6 is 0 Å². The molecule has 84 valence electrons. The summed E-state index contributed by atoms with van der Waals surface area (Å²) >= 11 is 0. The Balaban J connectivity index is 2.56. The maximum absolute atomic E-state index is 13.1. The van der Waals surface area contributed by atoms with Crippen molar-refractivity contribution in [1.29, 1.82) is 0 Å². The van der Waals surface area contributed by atoms with Crippen molar-refractivity contribution >= 4 is 5.82 Å². The molecular weight excluding hydrogens is 207 g/mol. The van der Waals surface area contributed by atoms with Crippen LogP contribution in [0.3, 0.4) is 0 Å². The highest BCUT2D eigenvalue weighted by Gasteiger charge is 2.13. The van der Waals surface area contributed by atoms with Gasteiger partial charge in [0.25, 0.3) is 0 Å². The van der Waals surface area contributed by atoms with Gasteiger partial charge in [-0.1, -0.05) is 19.1 Å². The molecule has 0 aliphatic carbocycles. The molecule has 2 aromatic rings. The number of hydrogen-bond donors (Lipinski definition) is 2. The highest BCUT2D eigenvalue weighted by atomic mass is 19.1. The average Bonchev–Trinajstić information content (AvgIpc) is 2.56. The van der Waals surface area contributed by atoms with E-state index >= 15 is 0 Å². The molecule has 4 nitrogen and oxygen atoms in total. The third-order valence-electron chi connectivity index (χ3n) is 2.44. The molecule has 0 aliphatic rings. The minimum atomic E-state index is -0.318.